The molecule has 0 unspecified atom stereocenters. The van der Waals surface area contributed by atoms with Gasteiger partial charge >= 0.3 is 5.97 Å². The fraction of sp³-hybridized carbons (Fsp3) is 0.0625. The van der Waals surface area contributed by atoms with Crippen molar-refractivity contribution in [1.82, 2.24) is 4.90 Å². The minimum absolute atomic E-state index is 0.0184. The van der Waals surface area contributed by atoms with Gasteiger partial charge in [-0.1, -0.05) is 18.2 Å². The van der Waals surface area contributed by atoms with Gasteiger partial charge in [0.2, 0.25) is 0 Å². The number of benzene rings is 2. The van der Waals surface area contributed by atoms with Crippen LogP contribution in [0.25, 0.3) is 0 Å². The lowest BCUT2D eigenvalue weighted by Gasteiger charge is -2.15. The summed E-state index contributed by atoms with van der Waals surface area (Å²) in [6.07, 6.45) is 0. The lowest BCUT2D eigenvalue weighted by Crippen LogP contribution is -2.34. The number of anilines is 1. The summed E-state index contributed by atoms with van der Waals surface area (Å²) in [4.78, 5) is 36.4. The Balaban J connectivity index is 1.76. The smallest absolute Gasteiger partial charge is 0.335 e. The number of amides is 2. The van der Waals surface area contributed by atoms with E-state index in [1.807, 2.05) is 0 Å². The van der Waals surface area contributed by atoms with Crippen molar-refractivity contribution in [2.24, 2.45) is 0 Å². The van der Waals surface area contributed by atoms with Crippen molar-refractivity contribution in [3.8, 4) is 0 Å². The molecule has 110 valence electrons. The maximum absolute atomic E-state index is 12.2. The van der Waals surface area contributed by atoms with Crippen LogP contribution in [0.5, 0.6) is 0 Å². The van der Waals surface area contributed by atoms with Crippen LogP contribution >= 0.6 is 0 Å². The van der Waals surface area contributed by atoms with Gasteiger partial charge in [0.05, 0.1) is 23.4 Å². The fourth-order valence-corrected chi connectivity index (χ4v) is 2.32. The number of carbonyl (C=O) groups is 3. The predicted molar refractivity (Wildman–Crippen MR) is 78.8 cm³/mol. The summed E-state index contributed by atoms with van der Waals surface area (Å²) in [5.41, 5.74) is 1.42. The first-order chi connectivity index (χ1) is 10.6. The molecule has 2 amide bonds. The summed E-state index contributed by atoms with van der Waals surface area (Å²) >= 11 is 0. The van der Waals surface area contributed by atoms with Crippen molar-refractivity contribution in [1.29, 1.82) is 0 Å². The molecule has 1 heterocycles. The summed E-state index contributed by atoms with van der Waals surface area (Å²) in [6.45, 7) is -0.0184. The molecule has 0 atom stereocenters. The third kappa shape index (κ3) is 2.31. The third-order valence-corrected chi connectivity index (χ3v) is 3.43. The highest BCUT2D eigenvalue weighted by atomic mass is 16.4. The average Bonchev–Trinajstić information content (AvgIpc) is 2.78. The molecule has 0 aliphatic carbocycles. The van der Waals surface area contributed by atoms with E-state index in [4.69, 9.17) is 5.11 Å². The molecule has 22 heavy (non-hydrogen) atoms. The average molecular weight is 296 g/mol. The Kier molecular flexibility index (Phi) is 3.34. The van der Waals surface area contributed by atoms with Gasteiger partial charge in [0.15, 0.2) is 0 Å². The summed E-state index contributed by atoms with van der Waals surface area (Å²) in [5.74, 6) is -1.76. The van der Waals surface area contributed by atoms with Crippen LogP contribution in [0.4, 0.5) is 5.69 Å². The van der Waals surface area contributed by atoms with Crippen molar-refractivity contribution in [3.63, 3.8) is 0 Å². The number of carboxylic acids is 1. The van der Waals surface area contributed by atoms with Crippen LogP contribution in [0.15, 0.2) is 48.5 Å². The maximum atomic E-state index is 12.2. The lowest BCUT2D eigenvalue weighted by atomic mass is 10.1. The number of nitrogens with zero attached hydrogens (tertiary/aromatic N) is 1. The highest BCUT2D eigenvalue weighted by Crippen LogP contribution is 2.22. The van der Waals surface area contributed by atoms with Crippen molar-refractivity contribution in [2.45, 2.75) is 0 Å². The first-order valence-electron chi connectivity index (χ1n) is 6.60. The monoisotopic (exact) mass is 296 g/mol. The van der Waals surface area contributed by atoms with Gasteiger partial charge in [0.25, 0.3) is 11.8 Å². The number of hydrogen-bond donors (Lipinski definition) is 2. The van der Waals surface area contributed by atoms with E-state index in [1.165, 1.54) is 12.1 Å². The standard InChI is InChI=1S/C16H12N2O4/c19-14-12-6-1-2-7-13(12)15(20)18(14)9-17-11-5-3-4-10(8-11)16(21)22/h1-8,17H,9H2,(H,21,22). The second-order valence-electron chi connectivity index (χ2n) is 4.80. The van der Waals surface area contributed by atoms with Crippen LogP contribution in [-0.4, -0.2) is 34.5 Å². The number of hydrogen-bond acceptors (Lipinski definition) is 4. The van der Waals surface area contributed by atoms with Gasteiger partial charge in [-0.3, -0.25) is 14.5 Å². The molecular formula is C16H12N2O4. The van der Waals surface area contributed by atoms with Gasteiger partial charge in [-0.15, -0.1) is 0 Å². The molecule has 0 saturated heterocycles. The van der Waals surface area contributed by atoms with Gasteiger partial charge in [0.1, 0.15) is 0 Å². The van der Waals surface area contributed by atoms with Crippen LogP contribution in [0.3, 0.4) is 0 Å². The summed E-state index contributed by atoms with van der Waals surface area (Å²) in [5, 5.41) is 11.8. The number of aromatic carboxylic acids is 1. The molecule has 1 aliphatic rings. The minimum atomic E-state index is -1.04. The van der Waals surface area contributed by atoms with Gasteiger partial charge in [-0.2, -0.15) is 0 Å². The molecule has 1 aliphatic heterocycles. The Morgan fingerprint density at radius 2 is 1.64 bits per heavy atom. The van der Waals surface area contributed by atoms with Crippen molar-refractivity contribution in [2.75, 3.05) is 12.0 Å². The van der Waals surface area contributed by atoms with E-state index in [-0.39, 0.29) is 24.0 Å². The summed E-state index contributed by atoms with van der Waals surface area (Å²) in [6, 6.07) is 12.8. The van der Waals surface area contributed by atoms with Crippen LogP contribution in [0, 0.1) is 0 Å². The fourth-order valence-electron chi connectivity index (χ4n) is 2.32. The molecular weight excluding hydrogens is 284 g/mol. The zero-order valence-electron chi connectivity index (χ0n) is 11.4. The van der Waals surface area contributed by atoms with Gasteiger partial charge in [-0.25, -0.2) is 4.79 Å². The van der Waals surface area contributed by atoms with Crippen LogP contribution < -0.4 is 5.32 Å². The van der Waals surface area contributed by atoms with Crippen molar-refractivity contribution < 1.29 is 19.5 Å². The first-order valence-corrected chi connectivity index (χ1v) is 6.60. The molecule has 6 heteroatoms. The van der Waals surface area contributed by atoms with E-state index in [9.17, 15) is 14.4 Å². The van der Waals surface area contributed by atoms with Crippen molar-refractivity contribution >= 4 is 23.5 Å². The zero-order valence-corrected chi connectivity index (χ0v) is 11.4. The summed E-state index contributed by atoms with van der Waals surface area (Å²) in [7, 11) is 0. The quantitative estimate of drug-likeness (QED) is 0.843. The molecule has 2 N–H and O–H groups in total. The van der Waals surface area contributed by atoms with E-state index in [1.54, 1.807) is 36.4 Å². The Morgan fingerprint density at radius 1 is 1.00 bits per heavy atom. The number of imide groups is 1. The number of rotatable bonds is 4. The molecule has 3 rings (SSSR count). The SMILES string of the molecule is O=C(O)c1cccc(NCN2C(=O)c3ccccc3C2=O)c1. The minimum Gasteiger partial charge on any atom is -0.478 e. The van der Waals surface area contributed by atoms with E-state index in [0.717, 1.165) is 4.90 Å². The van der Waals surface area contributed by atoms with Gasteiger partial charge in [-0.05, 0) is 30.3 Å². The molecule has 0 fully saturated rings. The molecule has 2 aromatic rings. The second-order valence-corrected chi connectivity index (χ2v) is 4.80. The molecule has 2 aromatic carbocycles. The van der Waals surface area contributed by atoms with Crippen LogP contribution in [0.2, 0.25) is 0 Å². The Labute approximate surface area is 126 Å². The zero-order chi connectivity index (χ0) is 15.7. The summed E-state index contributed by atoms with van der Waals surface area (Å²) < 4.78 is 0. The Bertz CT molecular complexity index is 750. The van der Waals surface area contributed by atoms with E-state index in [2.05, 4.69) is 5.32 Å². The van der Waals surface area contributed by atoms with E-state index in [0.29, 0.717) is 16.8 Å². The number of fused-ring (bicyclic) bond motifs is 1. The first kappa shape index (κ1) is 13.8. The largest absolute Gasteiger partial charge is 0.478 e. The molecule has 6 nitrogen and oxygen atoms in total. The molecule has 0 saturated carbocycles. The molecule has 0 spiro atoms. The normalized spacial score (nSPS) is 13.2. The highest BCUT2D eigenvalue weighted by molar-refractivity contribution is 6.21. The predicted octanol–water partition coefficient (Wildman–Crippen LogP) is 2.05. The second kappa shape index (κ2) is 5.33. The molecule has 0 aromatic heterocycles. The lowest BCUT2D eigenvalue weighted by molar-refractivity contribution is 0.0660. The van der Waals surface area contributed by atoms with E-state index >= 15 is 0 Å². The Hall–Kier alpha value is -3.15. The Morgan fingerprint density at radius 3 is 2.23 bits per heavy atom. The number of carboxylic acid groups (broad SMARTS) is 1. The van der Waals surface area contributed by atoms with E-state index < -0.39 is 5.97 Å². The van der Waals surface area contributed by atoms with Gasteiger partial charge in [0, 0.05) is 5.69 Å². The molecule has 0 radical (unpaired) electrons. The topological polar surface area (TPSA) is 86.7 Å². The van der Waals surface area contributed by atoms with Crippen LogP contribution in [0.1, 0.15) is 31.1 Å². The van der Waals surface area contributed by atoms with Crippen LogP contribution in [-0.2, 0) is 0 Å². The molecule has 0 bridgehead atoms. The van der Waals surface area contributed by atoms with Crippen molar-refractivity contribution in [3.05, 3.63) is 65.2 Å². The number of nitrogens with one attached hydrogen (secondary N) is 1. The maximum Gasteiger partial charge on any atom is 0.335 e. The van der Waals surface area contributed by atoms with Gasteiger partial charge < -0.3 is 10.4 Å². The third-order valence-electron chi connectivity index (χ3n) is 3.43. The number of carbonyl (C=O) groups excluding carboxylic acids is 2. The highest BCUT2D eigenvalue weighted by Gasteiger charge is 2.34.